The molecule has 80 valence electrons. The van der Waals surface area contributed by atoms with Crippen LogP contribution < -0.4 is 5.32 Å². The van der Waals surface area contributed by atoms with Crippen molar-refractivity contribution < 1.29 is 0 Å². The smallest absolute Gasteiger partial charge is 0.202 e. The number of aromatic nitrogens is 2. The van der Waals surface area contributed by atoms with Crippen molar-refractivity contribution >= 4 is 5.95 Å². The van der Waals surface area contributed by atoms with Crippen LogP contribution in [-0.4, -0.2) is 16.6 Å². The Labute approximate surface area is 86.5 Å². The molecule has 1 aromatic rings. The molecule has 0 aliphatic carbocycles. The Balaban J connectivity index is 2.74. The fraction of sp³-hybridized carbons (Fsp3) is 0.727. The van der Waals surface area contributed by atoms with E-state index >= 15 is 0 Å². The molecule has 0 aromatic carbocycles. The highest BCUT2D eigenvalue weighted by Gasteiger charge is 2.10. The zero-order chi connectivity index (χ0) is 10.7. The van der Waals surface area contributed by atoms with Gasteiger partial charge in [-0.1, -0.05) is 20.8 Å². The van der Waals surface area contributed by atoms with E-state index in [0.29, 0.717) is 11.8 Å². The van der Waals surface area contributed by atoms with Gasteiger partial charge < -0.3 is 9.88 Å². The maximum atomic E-state index is 4.39. The standard InChI is InChI=1S/C11H21N3/c1-8(2)9(3)6-14-7-10(4)13-11(14)12-5/h7-9H,6H2,1-5H3,(H,12,13). The lowest BCUT2D eigenvalue weighted by atomic mass is 9.98. The average Bonchev–Trinajstić information content (AvgIpc) is 2.45. The fourth-order valence-corrected chi connectivity index (χ4v) is 1.41. The molecular weight excluding hydrogens is 174 g/mol. The average molecular weight is 195 g/mol. The van der Waals surface area contributed by atoms with Crippen LogP contribution in [0.1, 0.15) is 26.5 Å². The topological polar surface area (TPSA) is 29.9 Å². The Kier molecular flexibility index (Phi) is 3.55. The van der Waals surface area contributed by atoms with Crippen molar-refractivity contribution in [1.29, 1.82) is 0 Å². The summed E-state index contributed by atoms with van der Waals surface area (Å²) in [5, 5.41) is 3.11. The summed E-state index contributed by atoms with van der Waals surface area (Å²) >= 11 is 0. The molecule has 1 N–H and O–H groups in total. The van der Waals surface area contributed by atoms with E-state index in [2.05, 4.69) is 41.8 Å². The van der Waals surface area contributed by atoms with Gasteiger partial charge >= 0.3 is 0 Å². The first-order chi connectivity index (χ1) is 6.54. The zero-order valence-electron chi connectivity index (χ0n) is 9.83. The second-order valence-corrected chi connectivity index (χ2v) is 4.33. The summed E-state index contributed by atoms with van der Waals surface area (Å²) in [7, 11) is 1.91. The van der Waals surface area contributed by atoms with Crippen LogP contribution >= 0.6 is 0 Å². The van der Waals surface area contributed by atoms with Gasteiger partial charge in [-0.25, -0.2) is 4.98 Å². The quantitative estimate of drug-likeness (QED) is 0.800. The van der Waals surface area contributed by atoms with Gasteiger partial charge in [0, 0.05) is 19.8 Å². The Morgan fingerprint density at radius 1 is 1.43 bits per heavy atom. The van der Waals surface area contributed by atoms with Crippen molar-refractivity contribution in [2.24, 2.45) is 11.8 Å². The van der Waals surface area contributed by atoms with Gasteiger partial charge in [-0.2, -0.15) is 0 Å². The molecule has 0 amide bonds. The monoisotopic (exact) mass is 195 g/mol. The first-order valence-electron chi connectivity index (χ1n) is 5.26. The number of nitrogens with one attached hydrogen (secondary N) is 1. The van der Waals surface area contributed by atoms with E-state index in [-0.39, 0.29) is 0 Å². The van der Waals surface area contributed by atoms with Crippen LogP contribution in [0.5, 0.6) is 0 Å². The SMILES string of the molecule is CNc1nc(C)cn1CC(C)C(C)C. The minimum Gasteiger partial charge on any atom is -0.359 e. The van der Waals surface area contributed by atoms with Crippen LogP contribution in [0.4, 0.5) is 5.95 Å². The van der Waals surface area contributed by atoms with Crippen molar-refractivity contribution in [2.75, 3.05) is 12.4 Å². The van der Waals surface area contributed by atoms with Crippen molar-refractivity contribution in [1.82, 2.24) is 9.55 Å². The largest absolute Gasteiger partial charge is 0.359 e. The number of aryl methyl sites for hydroxylation is 1. The highest BCUT2D eigenvalue weighted by atomic mass is 15.2. The molecule has 0 spiro atoms. The summed E-state index contributed by atoms with van der Waals surface area (Å²) in [6.45, 7) is 9.85. The van der Waals surface area contributed by atoms with Crippen LogP contribution in [0, 0.1) is 18.8 Å². The second kappa shape index (κ2) is 4.49. The third-order valence-corrected chi connectivity index (χ3v) is 2.74. The number of nitrogens with zero attached hydrogens (tertiary/aromatic N) is 2. The predicted molar refractivity (Wildman–Crippen MR) is 60.5 cm³/mol. The van der Waals surface area contributed by atoms with Gasteiger partial charge in [0.15, 0.2) is 0 Å². The van der Waals surface area contributed by atoms with Crippen LogP contribution in [0.2, 0.25) is 0 Å². The maximum absolute atomic E-state index is 4.39. The number of rotatable bonds is 4. The summed E-state index contributed by atoms with van der Waals surface area (Å²) in [6.07, 6.45) is 2.10. The molecule has 1 aromatic heterocycles. The molecule has 0 saturated heterocycles. The van der Waals surface area contributed by atoms with Gasteiger partial charge in [0.25, 0.3) is 0 Å². The van der Waals surface area contributed by atoms with Crippen molar-refractivity contribution in [3.8, 4) is 0 Å². The Morgan fingerprint density at radius 3 is 2.57 bits per heavy atom. The first-order valence-corrected chi connectivity index (χ1v) is 5.26. The molecular formula is C11H21N3. The van der Waals surface area contributed by atoms with Gasteiger partial charge in [-0.15, -0.1) is 0 Å². The van der Waals surface area contributed by atoms with Crippen LogP contribution in [0.3, 0.4) is 0 Å². The Hall–Kier alpha value is -0.990. The van der Waals surface area contributed by atoms with Crippen LogP contribution in [-0.2, 0) is 6.54 Å². The van der Waals surface area contributed by atoms with E-state index in [1.165, 1.54) is 0 Å². The molecule has 0 fully saturated rings. The summed E-state index contributed by atoms with van der Waals surface area (Å²) in [5.41, 5.74) is 1.07. The lowest BCUT2D eigenvalue weighted by Gasteiger charge is -2.17. The summed E-state index contributed by atoms with van der Waals surface area (Å²) in [6, 6.07) is 0. The van der Waals surface area contributed by atoms with Gasteiger partial charge in [0.05, 0.1) is 5.69 Å². The maximum Gasteiger partial charge on any atom is 0.202 e. The number of imidazole rings is 1. The van der Waals surface area contributed by atoms with Crippen molar-refractivity contribution in [2.45, 2.75) is 34.2 Å². The fourth-order valence-electron chi connectivity index (χ4n) is 1.41. The van der Waals surface area contributed by atoms with E-state index in [4.69, 9.17) is 0 Å². The van der Waals surface area contributed by atoms with Gasteiger partial charge in [-0.05, 0) is 18.8 Å². The molecule has 14 heavy (non-hydrogen) atoms. The van der Waals surface area contributed by atoms with Crippen LogP contribution in [0.15, 0.2) is 6.20 Å². The Morgan fingerprint density at radius 2 is 2.07 bits per heavy atom. The summed E-state index contributed by atoms with van der Waals surface area (Å²) in [4.78, 5) is 4.39. The molecule has 3 nitrogen and oxygen atoms in total. The lowest BCUT2D eigenvalue weighted by Crippen LogP contribution is -2.14. The van der Waals surface area contributed by atoms with Crippen molar-refractivity contribution in [3.05, 3.63) is 11.9 Å². The molecule has 0 aliphatic heterocycles. The van der Waals surface area contributed by atoms with Gasteiger partial charge in [0.2, 0.25) is 5.95 Å². The second-order valence-electron chi connectivity index (χ2n) is 4.33. The number of hydrogen-bond acceptors (Lipinski definition) is 2. The normalized spacial score (nSPS) is 13.3. The van der Waals surface area contributed by atoms with Crippen molar-refractivity contribution in [3.63, 3.8) is 0 Å². The number of hydrogen-bond donors (Lipinski definition) is 1. The lowest BCUT2D eigenvalue weighted by molar-refractivity contribution is 0.366. The van der Waals surface area contributed by atoms with E-state index in [9.17, 15) is 0 Å². The molecule has 0 radical (unpaired) electrons. The van der Waals surface area contributed by atoms with Crippen LogP contribution in [0.25, 0.3) is 0 Å². The molecule has 1 unspecified atom stereocenters. The third-order valence-electron chi connectivity index (χ3n) is 2.74. The Bertz CT molecular complexity index is 289. The molecule has 1 heterocycles. The molecule has 1 atom stereocenters. The first kappa shape index (κ1) is 11.1. The molecule has 1 rings (SSSR count). The minimum absolute atomic E-state index is 0.677. The van der Waals surface area contributed by atoms with E-state index in [0.717, 1.165) is 18.2 Å². The molecule has 0 bridgehead atoms. The van der Waals surface area contributed by atoms with Gasteiger partial charge in [0.1, 0.15) is 0 Å². The molecule has 3 heteroatoms. The highest BCUT2D eigenvalue weighted by molar-refractivity contribution is 5.27. The van der Waals surface area contributed by atoms with E-state index in [1.807, 2.05) is 14.0 Å². The van der Waals surface area contributed by atoms with E-state index < -0.39 is 0 Å². The molecule has 0 saturated carbocycles. The minimum atomic E-state index is 0.677. The highest BCUT2D eigenvalue weighted by Crippen LogP contribution is 2.16. The van der Waals surface area contributed by atoms with Gasteiger partial charge in [-0.3, -0.25) is 0 Å². The summed E-state index contributed by atoms with van der Waals surface area (Å²) in [5.74, 6) is 2.35. The molecule has 0 aliphatic rings. The zero-order valence-corrected chi connectivity index (χ0v) is 9.83. The third kappa shape index (κ3) is 2.50. The predicted octanol–water partition coefficient (Wildman–Crippen LogP) is 2.53. The van der Waals surface area contributed by atoms with E-state index in [1.54, 1.807) is 0 Å². The summed E-state index contributed by atoms with van der Waals surface area (Å²) < 4.78 is 2.19. The number of anilines is 1.